The van der Waals surface area contributed by atoms with Crippen molar-refractivity contribution in [2.45, 2.75) is 30.7 Å². The van der Waals surface area contributed by atoms with Crippen LogP contribution in [0.4, 0.5) is 5.69 Å². The number of carbonyl (C=O) groups is 1. The zero-order valence-corrected chi connectivity index (χ0v) is 21.0. The number of benzene rings is 1. The topological polar surface area (TPSA) is 147 Å². The standard InChI is InChI=1S/C23H26N4O6S2/c1-4-23(7-9-34(29,30)10-8-23)19-14-33-21-18(35(31,32)26-19)13-27(3)20(21)22(28)25-17-6-5-15(2)16(11-17)12-24/h4-6,11,13,19,26H,1,7-10,14H2,2-3H3,(H,25,28)/t19-/m1/s1. The SMILES string of the molecule is C=CC1([C@H]2COc3c(cn(C)c3C(=O)Nc3ccc(C)c(C#N)c3)S(=O)(=O)N2)CCS(=O)(=O)CC1. The lowest BCUT2D eigenvalue weighted by molar-refractivity contribution is 0.101. The van der Waals surface area contributed by atoms with Crippen molar-refractivity contribution in [1.82, 2.24) is 9.29 Å². The Morgan fingerprint density at radius 2 is 2.00 bits per heavy atom. The quantitative estimate of drug-likeness (QED) is 0.587. The third-order valence-corrected chi connectivity index (χ3v) is 9.89. The second kappa shape index (κ2) is 8.82. The number of hydrogen-bond donors (Lipinski definition) is 2. The summed E-state index contributed by atoms with van der Waals surface area (Å²) in [5.74, 6) is -0.826. The number of rotatable bonds is 4. The molecule has 0 aliphatic carbocycles. The fourth-order valence-corrected chi connectivity index (χ4v) is 7.62. The summed E-state index contributed by atoms with van der Waals surface area (Å²) in [6.07, 6.45) is 3.34. The third kappa shape index (κ3) is 4.59. The molecule has 3 heterocycles. The van der Waals surface area contributed by atoms with Gasteiger partial charge in [0.05, 0.1) is 29.2 Å². The molecule has 2 aliphatic rings. The number of carbonyl (C=O) groups excluding carboxylic acids is 1. The van der Waals surface area contributed by atoms with E-state index in [2.05, 4.69) is 22.7 Å². The second-order valence-corrected chi connectivity index (χ2v) is 12.9. The number of aryl methyl sites for hydroxylation is 2. The zero-order valence-electron chi connectivity index (χ0n) is 19.4. The summed E-state index contributed by atoms with van der Waals surface area (Å²) in [7, 11) is -5.75. The van der Waals surface area contributed by atoms with Gasteiger partial charge < -0.3 is 14.6 Å². The van der Waals surface area contributed by atoms with Crippen LogP contribution >= 0.6 is 0 Å². The van der Waals surface area contributed by atoms with Crippen molar-refractivity contribution in [2.75, 3.05) is 23.4 Å². The summed E-state index contributed by atoms with van der Waals surface area (Å²) in [5.41, 5.74) is 0.750. The molecule has 1 fully saturated rings. The third-order valence-electron chi connectivity index (χ3n) is 6.77. The van der Waals surface area contributed by atoms with E-state index in [1.54, 1.807) is 25.1 Å². The van der Waals surface area contributed by atoms with Crippen LogP contribution in [0.1, 0.15) is 34.5 Å². The molecule has 0 bridgehead atoms. The maximum atomic E-state index is 13.3. The lowest BCUT2D eigenvalue weighted by Gasteiger charge is -2.40. The maximum Gasteiger partial charge on any atom is 0.276 e. The molecule has 1 saturated heterocycles. The molecule has 1 aromatic heterocycles. The highest BCUT2D eigenvalue weighted by atomic mass is 32.2. The van der Waals surface area contributed by atoms with Gasteiger partial charge in [0.15, 0.2) is 11.4 Å². The maximum absolute atomic E-state index is 13.3. The van der Waals surface area contributed by atoms with Crippen molar-refractivity contribution in [3.05, 3.63) is 53.9 Å². The van der Waals surface area contributed by atoms with Gasteiger partial charge in [0.25, 0.3) is 5.91 Å². The van der Waals surface area contributed by atoms with Crippen molar-refractivity contribution >= 4 is 31.5 Å². The van der Waals surface area contributed by atoms with E-state index >= 15 is 0 Å². The monoisotopic (exact) mass is 518 g/mol. The first-order valence-corrected chi connectivity index (χ1v) is 14.2. The van der Waals surface area contributed by atoms with E-state index < -0.39 is 37.2 Å². The number of sulfone groups is 1. The molecule has 1 aromatic carbocycles. The molecule has 4 rings (SSSR count). The van der Waals surface area contributed by atoms with Gasteiger partial charge in [-0.3, -0.25) is 4.79 Å². The number of fused-ring (bicyclic) bond motifs is 1. The van der Waals surface area contributed by atoms with Crippen LogP contribution in [0.15, 0.2) is 41.9 Å². The van der Waals surface area contributed by atoms with Crippen molar-refractivity contribution in [3.63, 3.8) is 0 Å². The van der Waals surface area contributed by atoms with Crippen LogP contribution in [-0.2, 0) is 26.9 Å². The van der Waals surface area contributed by atoms with Crippen LogP contribution in [0.5, 0.6) is 5.75 Å². The van der Waals surface area contributed by atoms with E-state index in [1.165, 1.54) is 23.9 Å². The van der Waals surface area contributed by atoms with Gasteiger partial charge in [-0.15, -0.1) is 6.58 Å². The smallest absolute Gasteiger partial charge is 0.276 e. The average molecular weight is 519 g/mol. The average Bonchev–Trinajstić information content (AvgIpc) is 3.09. The molecular formula is C23H26N4O6S2. The summed E-state index contributed by atoms with van der Waals surface area (Å²) >= 11 is 0. The molecule has 1 atom stereocenters. The Morgan fingerprint density at radius 3 is 2.63 bits per heavy atom. The van der Waals surface area contributed by atoms with Crippen LogP contribution in [0.3, 0.4) is 0 Å². The predicted octanol–water partition coefficient (Wildman–Crippen LogP) is 1.88. The minimum atomic E-state index is -4.09. The van der Waals surface area contributed by atoms with Crippen molar-refractivity contribution in [1.29, 1.82) is 5.26 Å². The van der Waals surface area contributed by atoms with Gasteiger partial charge in [-0.1, -0.05) is 12.1 Å². The van der Waals surface area contributed by atoms with Crippen LogP contribution < -0.4 is 14.8 Å². The van der Waals surface area contributed by atoms with Crippen molar-refractivity contribution in [3.8, 4) is 11.8 Å². The van der Waals surface area contributed by atoms with Gasteiger partial charge in [0.1, 0.15) is 21.3 Å². The Kier molecular flexibility index (Phi) is 6.29. The number of nitrogens with zero attached hydrogens (tertiary/aromatic N) is 2. The van der Waals surface area contributed by atoms with E-state index in [4.69, 9.17) is 4.74 Å². The summed E-state index contributed by atoms with van der Waals surface area (Å²) in [4.78, 5) is 13.0. The number of anilines is 1. The molecule has 0 spiro atoms. The Balaban J connectivity index is 1.66. The normalized spacial score (nSPS) is 22.0. The first-order valence-electron chi connectivity index (χ1n) is 10.9. The largest absolute Gasteiger partial charge is 0.488 e. The first kappa shape index (κ1) is 25.0. The van der Waals surface area contributed by atoms with Gasteiger partial charge in [-0.25, -0.2) is 21.6 Å². The first-order chi connectivity index (χ1) is 16.4. The molecule has 10 nitrogen and oxygen atoms in total. The summed E-state index contributed by atoms with van der Waals surface area (Å²) in [6.45, 7) is 5.52. The molecule has 0 radical (unpaired) electrons. The van der Waals surface area contributed by atoms with Gasteiger partial charge in [-0.05, 0) is 37.5 Å². The molecule has 0 unspecified atom stereocenters. The zero-order chi connectivity index (χ0) is 25.6. The number of nitrogens with one attached hydrogen (secondary N) is 2. The van der Waals surface area contributed by atoms with Crippen LogP contribution in [-0.4, -0.2) is 51.5 Å². The minimum Gasteiger partial charge on any atom is -0.488 e. The molecule has 0 saturated carbocycles. The molecule has 2 N–H and O–H groups in total. The Labute approximate surface area is 204 Å². The van der Waals surface area contributed by atoms with Gasteiger partial charge in [0.2, 0.25) is 10.0 Å². The van der Waals surface area contributed by atoms with E-state index in [0.29, 0.717) is 11.3 Å². The van der Waals surface area contributed by atoms with Crippen LogP contribution in [0.2, 0.25) is 0 Å². The Morgan fingerprint density at radius 1 is 1.31 bits per heavy atom. The minimum absolute atomic E-state index is 0.00369. The van der Waals surface area contributed by atoms with Gasteiger partial charge >= 0.3 is 0 Å². The molecule has 186 valence electrons. The highest BCUT2D eigenvalue weighted by Crippen LogP contribution is 2.41. The second-order valence-electron chi connectivity index (χ2n) is 8.95. The molecular weight excluding hydrogens is 492 g/mol. The highest BCUT2D eigenvalue weighted by Gasteiger charge is 2.46. The number of aromatic nitrogens is 1. The number of hydrogen-bond acceptors (Lipinski definition) is 7. The number of nitriles is 1. The summed E-state index contributed by atoms with van der Waals surface area (Å²) in [6, 6.07) is 6.19. The van der Waals surface area contributed by atoms with Gasteiger partial charge in [-0.2, -0.15) is 5.26 Å². The number of amides is 1. The molecule has 1 amide bonds. The van der Waals surface area contributed by atoms with E-state index in [-0.39, 0.29) is 47.3 Å². The number of sulfonamides is 1. The van der Waals surface area contributed by atoms with Gasteiger partial charge in [0, 0.05) is 24.3 Å². The van der Waals surface area contributed by atoms with E-state index in [1.807, 2.05) is 0 Å². The predicted molar refractivity (Wildman–Crippen MR) is 129 cm³/mol. The lowest BCUT2D eigenvalue weighted by Crippen LogP contribution is -2.52. The summed E-state index contributed by atoms with van der Waals surface area (Å²) in [5, 5.41) is 12.0. The Bertz CT molecular complexity index is 1450. The number of ether oxygens (including phenoxy) is 1. The highest BCUT2D eigenvalue weighted by molar-refractivity contribution is 7.91. The molecule has 35 heavy (non-hydrogen) atoms. The van der Waals surface area contributed by atoms with E-state index in [9.17, 15) is 26.9 Å². The van der Waals surface area contributed by atoms with Crippen molar-refractivity contribution in [2.24, 2.45) is 12.5 Å². The molecule has 2 aliphatic heterocycles. The van der Waals surface area contributed by atoms with Crippen LogP contribution in [0, 0.1) is 23.7 Å². The Hall–Kier alpha value is -3.14. The molecule has 2 aromatic rings. The fraction of sp³-hybridized carbons (Fsp3) is 0.391. The van der Waals surface area contributed by atoms with Crippen molar-refractivity contribution < 1.29 is 26.4 Å². The summed E-state index contributed by atoms with van der Waals surface area (Å²) < 4.78 is 60.4. The molecule has 12 heteroatoms. The van der Waals surface area contributed by atoms with E-state index in [0.717, 1.165) is 5.56 Å². The van der Waals surface area contributed by atoms with Crippen LogP contribution in [0.25, 0.3) is 0 Å². The fourth-order valence-electron chi connectivity index (χ4n) is 4.53. The lowest BCUT2D eigenvalue weighted by atomic mass is 9.76.